The number of ether oxygens (including phenoxy) is 1. The van der Waals surface area contributed by atoms with Crippen LogP contribution in [0.15, 0.2) is 45.7 Å². The van der Waals surface area contributed by atoms with Gasteiger partial charge in [-0.05, 0) is 38.8 Å². The molecule has 0 saturated heterocycles. The van der Waals surface area contributed by atoms with E-state index in [0.717, 1.165) is 0 Å². The van der Waals surface area contributed by atoms with Crippen LogP contribution in [0.4, 0.5) is 0 Å². The minimum absolute atomic E-state index is 0.0673. The predicted octanol–water partition coefficient (Wildman–Crippen LogP) is 3.91. The van der Waals surface area contributed by atoms with E-state index in [1.165, 1.54) is 18.2 Å². The van der Waals surface area contributed by atoms with Gasteiger partial charge < -0.3 is 4.74 Å². The zero-order valence-electron chi connectivity index (χ0n) is 13.2. The summed E-state index contributed by atoms with van der Waals surface area (Å²) in [6.45, 7) is 7.04. The lowest BCUT2D eigenvalue weighted by Gasteiger charge is -2.20. The maximum atomic E-state index is 12.3. The molecule has 0 spiro atoms. The SMILES string of the molecule is CC(C=C(Cl)S(=O)(=O)c1ccccc1)CC(=O)OC(C)(C)C. The number of sulfone groups is 1. The van der Waals surface area contributed by atoms with Gasteiger partial charge in [0.25, 0.3) is 0 Å². The van der Waals surface area contributed by atoms with Gasteiger partial charge in [0.1, 0.15) is 9.97 Å². The van der Waals surface area contributed by atoms with E-state index in [1.807, 2.05) is 0 Å². The number of esters is 1. The van der Waals surface area contributed by atoms with Gasteiger partial charge in [0.05, 0.1) is 11.3 Å². The third-order valence-corrected chi connectivity index (χ3v) is 4.91. The van der Waals surface area contributed by atoms with Gasteiger partial charge in [-0.25, -0.2) is 8.42 Å². The Balaban J connectivity index is 2.82. The van der Waals surface area contributed by atoms with E-state index in [2.05, 4.69) is 0 Å². The summed E-state index contributed by atoms with van der Waals surface area (Å²) in [6, 6.07) is 7.93. The first-order chi connectivity index (χ1) is 10.0. The average molecular weight is 345 g/mol. The van der Waals surface area contributed by atoms with Crippen LogP contribution in [0.5, 0.6) is 0 Å². The number of halogens is 1. The summed E-state index contributed by atoms with van der Waals surface area (Å²) in [5.74, 6) is -0.737. The molecule has 0 saturated carbocycles. The Kier molecular flexibility index (Phi) is 6.20. The van der Waals surface area contributed by atoms with Crippen LogP contribution >= 0.6 is 11.6 Å². The van der Waals surface area contributed by atoms with E-state index in [1.54, 1.807) is 45.9 Å². The smallest absolute Gasteiger partial charge is 0.306 e. The molecule has 0 bridgehead atoms. The lowest BCUT2D eigenvalue weighted by atomic mass is 10.1. The van der Waals surface area contributed by atoms with E-state index in [-0.39, 0.29) is 21.6 Å². The normalized spacial score (nSPS) is 14.5. The molecule has 22 heavy (non-hydrogen) atoms. The molecule has 4 nitrogen and oxygen atoms in total. The Morgan fingerprint density at radius 2 is 1.82 bits per heavy atom. The molecule has 0 heterocycles. The van der Waals surface area contributed by atoms with Crippen LogP contribution in [0.1, 0.15) is 34.1 Å². The molecule has 1 atom stereocenters. The summed E-state index contributed by atoms with van der Waals surface area (Å²) in [6.07, 6.45) is 1.44. The summed E-state index contributed by atoms with van der Waals surface area (Å²) in [7, 11) is -3.73. The van der Waals surface area contributed by atoms with Crippen molar-refractivity contribution in [1.29, 1.82) is 0 Å². The molecule has 1 unspecified atom stereocenters. The van der Waals surface area contributed by atoms with Gasteiger partial charge in [0, 0.05) is 0 Å². The monoisotopic (exact) mass is 344 g/mol. The van der Waals surface area contributed by atoms with Gasteiger partial charge in [-0.2, -0.15) is 0 Å². The van der Waals surface area contributed by atoms with Crippen molar-refractivity contribution >= 4 is 27.4 Å². The molecular formula is C16H21ClO4S. The summed E-state index contributed by atoms with van der Waals surface area (Å²) < 4.78 is 29.4. The molecule has 1 rings (SSSR count). The number of benzene rings is 1. The quantitative estimate of drug-likeness (QED) is 0.760. The summed E-state index contributed by atoms with van der Waals surface area (Å²) in [4.78, 5) is 11.9. The Morgan fingerprint density at radius 1 is 1.27 bits per heavy atom. The van der Waals surface area contributed by atoms with Crippen molar-refractivity contribution in [3.63, 3.8) is 0 Å². The molecule has 0 aromatic heterocycles. The summed E-state index contributed by atoms with van der Waals surface area (Å²) in [5.41, 5.74) is -0.569. The lowest BCUT2D eigenvalue weighted by molar-refractivity contribution is -0.155. The predicted molar refractivity (Wildman–Crippen MR) is 87.2 cm³/mol. The number of carbonyl (C=O) groups is 1. The minimum Gasteiger partial charge on any atom is -0.460 e. The zero-order chi connectivity index (χ0) is 17.0. The standard InChI is InChI=1S/C16H21ClO4S/c1-12(11-15(18)21-16(2,3)4)10-14(17)22(19,20)13-8-6-5-7-9-13/h5-10,12H,11H2,1-4H3. The topological polar surface area (TPSA) is 60.4 Å². The lowest BCUT2D eigenvalue weighted by Crippen LogP contribution is -2.24. The van der Waals surface area contributed by atoms with Gasteiger partial charge in [-0.15, -0.1) is 0 Å². The van der Waals surface area contributed by atoms with Gasteiger partial charge in [-0.1, -0.05) is 42.8 Å². The second-order valence-electron chi connectivity index (χ2n) is 6.06. The van der Waals surface area contributed by atoms with Crippen LogP contribution in [-0.4, -0.2) is 20.0 Å². The number of rotatable bonds is 5. The third kappa shape index (κ3) is 5.81. The first-order valence-corrected chi connectivity index (χ1v) is 8.78. The second kappa shape index (κ2) is 7.29. The first-order valence-electron chi connectivity index (χ1n) is 6.91. The van der Waals surface area contributed by atoms with Crippen molar-refractivity contribution < 1.29 is 17.9 Å². The maximum Gasteiger partial charge on any atom is 0.306 e. The van der Waals surface area contributed by atoms with Crippen LogP contribution in [0.25, 0.3) is 0 Å². The van der Waals surface area contributed by atoms with E-state index in [4.69, 9.17) is 16.3 Å². The van der Waals surface area contributed by atoms with Gasteiger partial charge in [0.15, 0.2) is 0 Å². The van der Waals surface area contributed by atoms with Crippen molar-refractivity contribution in [1.82, 2.24) is 0 Å². The van der Waals surface area contributed by atoms with E-state index in [9.17, 15) is 13.2 Å². The molecule has 0 aliphatic heterocycles. The minimum atomic E-state index is -3.73. The summed E-state index contributed by atoms with van der Waals surface area (Å²) >= 11 is 5.94. The molecule has 0 amide bonds. The average Bonchev–Trinajstić information content (AvgIpc) is 2.36. The molecule has 122 valence electrons. The first kappa shape index (κ1) is 18.7. The number of carbonyl (C=O) groups excluding carboxylic acids is 1. The van der Waals surface area contributed by atoms with Crippen LogP contribution in [0, 0.1) is 5.92 Å². The van der Waals surface area contributed by atoms with Crippen LogP contribution < -0.4 is 0 Å². The largest absolute Gasteiger partial charge is 0.460 e. The zero-order valence-corrected chi connectivity index (χ0v) is 14.7. The second-order valence-corrected chi connectivity index (χ2v) is 8.60. The Bertz CT molecular complexity index is 642. The Hall–Kier alpha value is -1.33. The maximum absolute atomic E-state index is 12.3. The summed E-state index contributed by atoms with van der Waals surface area (Å²) in [5, 5.41) is 0. The molecule has 0 N–H and O–H groups in total. The van der Waals surface area contributed by atoms with Gasteiger partial charge >= 0.3 is 5.97 Å². The Labute approximate surface area is 137 Å². The van der Waals surface area contributed by atoms with Gasteiger partial charge in [-0.3, -0.25) is 4.79 Å². The van der Waals surface area contributed by atoms with E-state index in [0.29, 0.717) is 0 Å². The molecule has 0 fully saturated rings. The molecule has 0 aliphatic rings. The van der Waals surface area contributed by atoms with E-state index >= 15 is 0 Å². The van der Waals surface area contributed by atoms with Crippen molar-refractivity contribution in [2.75, 3.05) is 0 Å². The van der Waals surface area contributed by atoms with Crippen molar-refractivity contribution in [3.8, 4) is 0 Å². The van der Waals surface area contributed by atoms with Crippen LogP contribution in [0.2, 0.25) is 0 Å². The fourth-order valence-corrected chi connectivity index (χ4v) is 3.36. The highest BCUT2D eigenvalue weighted by Gasteiger charge is 2.22. The highest BCUT2D eigenvalue weighted by atomic mass is 35.5. The van der Waals surface area contributed by atoms with Crippen LogP contribution in [0.3, 0.4) is 0 Å². The molecular weight excluding hydrogens is 324 g/mol. The highest BCUT2D eigenvalue weighted by Crippen LogP contribution is 2.24. The molecule has 1 aromatic rings. The molecule has 6 heteroatoms. The Morgan fingerprint density at radius 3 is 2.32 bits per heavy atom. The van der Waals surface area contributed by atoms with Crippen molar-refractivity contribution in [2.24, 2.45) is 5.92 Å². The molecule has 0 radical (unpaired) electrons. The molecule has 0 aliphatic carbocycles. The number of allylic oxidation sites excluding steroid dienone is 1. The van der Waals surface area contributed by atoms with Crippen molar-refractivity contribution in [2.45, 2.75) is 44.6 Å². The van der Waals surface area contributed by atoms with Crippen LogP contribution in [-0.2, 0) is 19.4 Å². The number of hydrogen-bond acceptors (Lipinski definition) is 4. The molecule has 1 aromatic carbocycles. The highest BCUT2D eigenvalue weighted by molar-refractivity contribution is 7.96. The third-order valence-electron chi connectivity index (χ3n) is 2.63. The fraction of sp³-hybridized carbons (Fsp3) is 0.438. The fourth-order valence-electron chi connectivity index (χ4n) is 1.73. The van der Waals surface area contributed by atoms with Crippen molar-refractivity contribution in [3.05, 3.63) is 40.8 Å². The van der Waals surface area contributed by atoms with Gasteiger partial charge in [0.2, 0.25) is 9.84 Å². The number of hydrogen-bond donors (Lipinski definition) is 0. The van der Waals surface area contributed by atoms with E-state index < -0.39 is 21.4 Å².